The number of rotatable bonds is 3. The summed E-state index contributed by atoms with van der Waals surface area (Å²) in [5.41, 5.74) is 0.696. The minimum absolute atomic E-state index is 0.0618. The fourth-order valence-electron chi connectivity index (χ4n) is 2.03. The van der Waals surface area contributed by atoms with Gasteiger partial charge in [-0.1, -0.05) is 12.1 Å². The molecule has 1 aliphatic rings. The number of nitrogens with one attached hydrogen (secondary N) is 1. The maximum atomic E-state index is 11.9. The normalized spacial score (nSPS) is 15.1. The molecule has 0 unspecified atom stereocenters. The minimum Gasteiger partial charge on any atom is -0.345 e. The Bertz CT molecular complexity index is 601. The molecule has 1 fully saturated rings. The van der Waals surface area contributed by atoms with E-state index in [0.29, 0.717) is 11.3 Å². The van der Waals surface area contributed by atoms with Crippen molar-refractivity contribution in [3.05, 3.63) is 34.6 Å². The molecule has 0 amide bonds. The predicted octanol–water partition coefficient (Wildman–Crippen LogP) is 1.77. The van der Waals surface area contributed by atoms with Crippen molar-refractivity contribution in [2.75, 3.05) is 18.5 Å². The Morgan fingerprint density at radius 1 is 1.41 bits per heavy atom. The van der Waals surface area contributed by atoms with Gasteiger partial charge in [-0.3, -0.25) is 9.78 Å². The summed E-state index contributed by atoms with van der Waals surface area (Å²) >= 11 is 0. The molecule has 0 aliphatic heterocycles. The lowest BCUT2D eigenvalue weighted by molar-refractivity contribution is 0.765. The van der Waals surface area contributed by atoms with E-state index in [-0.39, 0.29) is 5.56 Å². The molecule has 1 N–H and O–H groups in total. The lowest BCUT2D eigenvalue weighted by Crippen LogP contribution is -2.25. The third-order valence-corrected chi connectivity index (χ3v) is 3.19. The van der Waals surface area contributed by atoms with E-state index in [1.165, 1.54) is 12.8 Å². The standard InChI is InChI=1S/C13H15N3O/c1-16(8-9-6-7-9)13-14-11-5-3-2-4-10(11)12(17)15-13/h2-5,9H,6-8H2,1H3,(H,14,15,17). The van der Waals surface area contributed by atoms with Gasteiger partial charge in [-0.2, -0.15) is 0 Å². The van der Waals surface area contributed by atoms with E-state index < -0.39 is 0 Å². The summed E-state index contributed by atoms with van der Waals surface area (Å²) in [6.07, 6.45) is 2.59. The number of para-hydroxylation sites is 1. The number of hydrogen-bond acceptors (Lipinski definition) is 3. The van der Waals surface area contributed by atoms with Gasteiger partial charge in [0.15, 0.2) is 0 Å². The zero-order valence-electron chi connectivity index (χ0n) is 9.81. The fourth-order valence-corrected chi connectivity index (χ4v) is 2.03. The maximum Gasteiger partial charge on any atom is 0.260 e. The highest BCUT2D eigenvalue weighted by molar-refractivity contribution is 5.78. The van der Waals surface area contributed by atoms with Crippen LogP contribution in [0, 0.1) is 5.92 Å². The molecular formula is C13H15N3O. The molecule has 4 nitrogen and oxygen atoms in total. The van der Waals surface area contributed by atoms with Crippen molar-refractivity contribution in [1.29, 1.82) is 0 Å². The maximum absolute atomic E-state index is 11.9. The van der Waals surface area contributed by atoms with Crippen LogP contribution >= 0.6 is 0 Å². The summed E-state index contributed by atoms with van der Waals surface area (Å²) < 4.78 is 0. The zero-order chi connectivity index (χ0) is 11.8. The molecule has 1 aliphatic carbocycles. The monoisotopic (exact) mass is 229 g/mol. The first-order valence-electron chi connectivity index (χ1n) is 5.94. The molecule has 0 saturated heterocycles. The van der Waals surface area contributed by atoms with Crippen molar-refractivity contribution in [2.45, 2.75) is 12.8 Å². The fraction of sp³-hybridized carbons (Fsp3) is 0.385. The van der Waals surface area contributed by atoms with Gasteiger partial charge in [0.25, 0.3) is 5.56 Å². The number of anilines is 1. The minimum atomic E-state index is -0.0618. The Balaban J connectivity index is 2.02. The Hall–Kier alpha value is -1.84. The van der Waals surface area contributed by atoms with Gasteiger partial charge < -0.3 is 4.90 Å². The summed E-state index contributed by atoms with van der Waals surface area (Å²) in [5, 5.41) is 0.649. The summed E-state index contributed by atoms with van der Waals surface area (Å²) in [5.74, 6) is 1.44. The molecule has 1 aromatic heterocycles. The van der Waals surface area contributed by atoms with Crippen molar-refractivity contribution in [2.24, 2.45) is 5.92 Å². The first-order chi connectivity index (χ1) is 8.24. The Labute approximate surface area is 99.3 Å². The second kappa shape index (κ2) is 3.87. The summed E-state index contributed by atoms with van der Waals surface area (Å²) in [6.45, 7) is 0.973. The van der Waals surface area contributed by atoms with Crippen LogP contribution in [-0.4, -0.2) is 23.6 Å². The molecular weight excluding hydrogens is 214 g/mol. The first kappa shape index (κ1) is 10.3. The summed E-state index contributed by atoms with van der Waals surface area (Å²) in [6, 6.07) is 7.43. The number of H-pyrrole nitrogens is 1. The van der Waals surface area contributed by atoms with E-state index in [1.54, 1.807) is 6.07 Å². The number of hydrogen-bond donors (Lipinski definition) is 1. The number of aromatic nitrogens is 2. The Kier molecular flexibility index (Phi) is 2.35. The van der Waals surface area contributed by atoms with Crippen molar-refractivity contribution >= 4 is 16.9 Å². The molecule has 4 heteroatoms. The highest BCUT2D eigenvalue weighted by Crippen LogP contribution is 2.30. The SMILES string of the molecule is CN(CC1CC1)c1nc2ccccc2c(=O)[nH]1. The molecule has 17 heavy (non-hydrogen) atoms. The van der Waals surface area contributed by atoms with Crippen molar-refractivity contribution in [1.82, 2.24) is 9.97 Å². The van der Waals surface area contributed by atoms with Gasteiger partial charge in [-0.25, -0.2) is 4.98 Å². The van der Waals surface area contributed by atoms with Gasteiger partial charge in [-0.05, 0) is 30.9 Å². The second-order valence-electron chi connectivity index (χ2n) is 4.73. The van der Waals surface area contributed by atoms with Crippen molar-refractivity contribution < 1.29 is 0 Å². The largest absolute Gasteiger partial charge is 0.345 e. The zero-order valence-corrected chi connectivity index (χ0v) is 9.81. The van der Waals surface area contributed by atoms with Crippen molar-refractivity contribution in [3.63, 3.8) is 0 Å². The van der Waals surface area contributed by atoms with E-state index in [2.05, 4.69) is 9.97 Å². The average molecular weight is 229 g/mol. The van der Waals surface area contributed by atoms with E-state index in [1.807, 2.05) is 30.1 Å². The van der Waals surface area contributed by atoms with E-state index in [4.69, 9.17) is 0 Å². The number of aromatic amines is 1. The van der Waals surface area contributed by atoms with Crippen LogP contribution in [0.4, 0.5) is 5.95 Å². The third kappa shape index (κ3) is 2.02. The molecule has 2 aromatic rings. The molecule has 1 aromatic carbocycles. The topological polar surface area (TPSA) is 49.0 Å². The van der Waals surface area contributed by atoms with Gasteiger partial charge in [0.05, 0.1) is 10.9 Å². The second-order valence-corrected chi connectivity index (χ2v) is 4.73. The van der Waals surface area contributed by atoms with Gasteiger partial charge >= 0.3 is 0 Å². The lowest BCUT2D eigenvalue weighted by Gasteiger charge is -2.17. The van der Waals surface area contributed by atoms with Crippen LogP contribution in [-0.2, 0) is 0 Å². The van der Waals surface area contributed by atoms with Crippen molar-refractivity contribution in [3.8, 4) is 0 Å². The number of benzene rings is 1. The number of nitrogens with zero attached hydrogens (tertiary/aromatic N) is 2. The lowest BCUT2D eigenvalue weighted by atomic mass is 10.2. The van der Waals surface area contributed by atoms with Crippen LogP contribution in [0.2, 0.25) is 0 Å². The van der Waals surface area contributed by atoms with Gasteiger partial charge in [0.1, 0.15) is 0 Å². The Morgan fingerprint density at radius 3 is 2.94 bits per heavy atom. The molecule has 0 radical (unpaired) electrons. The molecule has 0 bridgehead atoms. The van der Waals surface area contributed by atoms with Crippen LogP contribution in [0.25, 0.3) is 10.9 Å². The van der Waals surface area contributed by atoms with Crippen LogP contribution in [0.5, 0.6) is 0 Å². The van der Waals surface area contributed by atoms with Crippen LogP contribution < -0.4 is 10.5 Å². The van der Waals surface area contributed by atoms with Crippen LogP contribution in [0.3, 0.4) is 0 Å². The summed E-state index contributed by atoms with van der Waals surface area (Å²) in [4.78, 5) is 21.2. The molecule has 3 rings (SSSR count). The third-order valence-electron chi connectivity index (χ3n) is 3.19. The van der Waals surface area contributed by atoms with Crippen LogP contribution in [0.15, 0.2) is 29.1 Å². The highest BCUT2D eigenvalue weighted by Gasteiger charge is 2.23. The summed E-state index contributed by atoms with van der Waals surface area (Å²) in [7, 11) is 1.98. The molecule has 88 valence electrons. The highest BCUT2D eigenvalue weighted by atomic mass is 16.1. The molecule has 1 heterocycles. The average Bonchev–Trinajstić information content (AvgIpc) is 3.13. The van der Waals surface area contributed by atoms with E-state index in [9.17, 15) is 4.79 Å². The van der Waals surface area contributed by atoms with Gasteiger partial charge in [-0.15, -0.1) is 0 Å². The van der Waals surface area contributed by atoms with Crippen LogP contribution in [0.1, 0.15) is 12.8 Å². The van der Waals surface area contributed by atoms with E-state index in [0.717, 1.165) is 18.0 Å². The smallest absolute Gasteiger partial charge is 0.260 e. The molecule has 0 spiro atoms. The predicted molar refractivity (Wildman–Crippen MR) is 68.4 cm³/mol. The van der Waals surface area contributed by atoms with Gasteiger partial charge in [0, 0.05) is 13.6 Å². The van der Waals surface area contributed by atoms with Gasteiger partial charge in [0.2, 0.25) is 5.95 Å². The van der Waals surface area contributed by atoms with E-state index >= 15 is 0 Å². The number of fused-ring (bicyclic) bond motifs is 1. The molecule has 1 saturated carbocycles. The Morgan fingerprint density at radius 2 is 2.18 bits per heavy atom. The first-order valence-corrected chi connectivity index (χ1v) is 5.94. The molecule has 0 atom stereocenters. The quantitative estimate of drug-likeness (QED) is 0.872.